The summed E-state index contributed by atoms with van der Waals surface area (Å²) >= 11 is 0. The summed E-state index contributed by atoms with van der Waals surface area (Å²) in [7, 11) is 0. The second-order valence-corrected chi connectivity index (χ2v) is 12.8. The molecule has 0 aliphatic carbocycles. The predicted octanol–water partition coefficient (Wildman–Crippen LogP) is 12.4. The normalized spacial score (nSPS) is 11.0. The molecule has 0 atom stereocenters. The number of unbranched alkanes of at least 4 members (excludes halogenated alkanes) is 10. The molecule has 0 saturated heterocycles. The van der Waals surface area contributed by atoms with Crippen LogP contribution in [0.15, 0.2) is 101 Å². The molecule has 0 saturated carbocycles. The van der Waals surface area contributed by atoms with Crippen molar-refractivity contribution in [2.75, 3.05) is 19.8 Å². The van der Waals surface area contributed by atoms with Crippen molar-refractivity contribution in [2.24, 2.45) is 10.2 Å². The molecule has 282 valence electrons. The monoisotopic (exact) mass is 722 g/mol. The van der Waals surface area contributed by atoms with Crippen molar-refractivity contribution in [2.45, 2.75) is 97.8 Å². The number of carbonyl (C=O) groups is 2. The van der Waals surface area contributed by atoms with Gasteiger partial charge in [0.15, 0.2) is 5.75 Å². The summed E-state index contributed by atoms with van der Waals surface area (Å²) in [6, 6.07) is 25.5. The van der Waals surface area contributed by atoms with Crippen LogP contribution in [-0.2, 0) is 0 Å². The minimum absolute atomic E-state index is 0.0804. The average molecular weight is 723 g/mol. The third kappa shape index (κ3) is 14.8. The zero-order valence-electron chi connectivity index (χ0n) is 31.5. The summed E-state index contributed by atoms with van der Waals surface area (Å²) in [5.74, 6) is 1.20. The lowest BCUT2D eigenvalue weighted by molar-refractivity contribution is 0.0733. The van der Waals surface area contributed by atoms with Gasteiger partial charge in [-0.1, -0.05) is 78.1 Å². The van der Waals surface area contributed by atoms with Gasteiger partial charge in [0.25, 0.3) is 0 Å². The minimum atomic E-state index is -0.606. The number of benzene rings is 4. The molecule has 4 rings (SSSR count). The first-order valence-electron chi connectivity index (χ1n) is 19.2. The average Bonchev–Trinajstić information content (AvgIpc) is 3.18. The SMILES string of the molecule is CCCCCCCCOc1ccc(C(=O)Oc2ccc(N=Nc3ccc(OCC)cc3)c(OC(=O)c3ccc(OCCCCCCCC)cc3)c2)cc1. The molecule has 0 aliphatic rings. The van der Waals surface area contributed by atoms with Gasteiger partial charge in [0.05, 0.1) is 36.6 Å². The van der Waals surface area contributed by atoms with Crippen LogP contribution in [0, 0.1) is 0 Å². The van der Waals surface area contributed by atoms with Crippen LogP contribution < -0.4 is 23.7 Å². The Balaban J connectivity index is 1.40. The van der Waals surface area contributed by atoms with Gasteiger partial charge in [-0.25, -0.2) is 9.59 Å². The van der Waals surface area contributed by atoms with Crippen LogP contribution in [0.2, 0.25) is 0 Å². The molecule has 0 heterocycles. The van der Waals surface area contributed by atoms with Crippen LogP contribution in [0.25, 0.3) is 0 Å². The van der Waals surface area contributed by atoms with Crippen LogP contribution in [-0.4, -0.2) is 31.8 Å². The van der Waals surface area contributed by atoms with E-state index >= 15 is 0 Å². The number of esters is 2. The number of carbonyl (C=O) groups excluding carboxylic acids is 2. The van der Waals surface area contributed by atoms with Crippen molar-refractivity contribution in [3.05, 3.63) is 102 Å². The third-order valence-electron chi connectivity index (χ3n) is 8.48. The molecule has 53 heavy (non-hydrogen) atoms. The molecule has 0 aliphatic heterocycles. The molecule has 0 spiro atoms. The molecular weight excluding hydrogens is 668 g/mol. The highest BCUT2D eigenvalue weighted by Gasteiger charge is 2.16. The Kier molecular flexibility index (Phi) is 17.9. The molecule has 0 radical (unpaired) electrons. The fraction of sp³-hybridized carbons (Fsp3) is 0.409. The van der Waals surface area contributed by atoms with Gasteiger partial charge in [-0.15, -0.1) is 5.11 Å². The minimum Gasteiger partial charge on any atom is -0.494 e. The van der Waals surface area contributed by atoms with Crippen molar-refractivity contribution in [1.29, 1.82) is 0 Å². The third-order valence-corrected chi connectivity index (χ3v) is 8.48. The number of rotatable bonds is 24. The highest BCUT2D eigenvalue weighted by atomic mass is 16.5. The predicted molar refractivity (Wildman–Crippen MR) is 209 cm³/mol. The summed E-state index contributed by atoms with van der Waals surface area (Å²) in [4.78, 5) is 26.4. The van der Waals surface area contributed by atoms with E-state index in [1.54, 1.807) is 84.9 Å². The molecule has 0 aromatic heterocycles. The highest BCUT2D eigenvalue weighted by molar-refractivity contribution is 5.93. The standard InChI is InChI=1S/C44H54N2O7/c1-4-7-9-11-13-15-31-50-38-23-17-34(18-24-38)43(47)52-40-29-30-41(46-45-36-21-27-37(28-22-36)49-6-3)42(33-40)53-44(48)35-19-25-39(26-20-35)51-32-16-14-12-10-8-5-2/h17-30,33H,4-16,31-32H2,1-3H3. The fourth-order valence-corrected chi connectivity index (χ4v) is 5.45. The first-order valence-corrected chi connectivity index (χ1v) is 19.2. The zero-order valence-corrected chi connectivity index (χ0v) is 31.5. The summed E-state index contributed by atoms with van der Waals surface area (Å²) in [6.45, 7) is 8.15. The van der Waals surface area contributed by atoms with E-state index in [9.17, 15) is 9.59 Å². The molecule has 4 aromatic rings. The van der Waals surface area contributed by atoms with E-state index < -0.39 is 11.9 Å². The van der Waals surface area contributed by atoms with Crippen molar-refractivity contribution >= 4 is 23.3 Å². The lowest BCUT2D eigenvalue weighted by Crippen LogP contribution is -2.10. The molecule has 9 nitrogen and oxygen atoms in total. The Morgan fingerprint density at radius 3 is 1.45 bits per heavy atom. The number of ether oxygens (including phenoxy) is 5. The molecule has 4 aromatic carbocycles. The van der Waals surface area contributed by atoms with Gasteiger partial charge >= 0.3 is 11.9 Å². The van der Waals surface area contributed by atoms with Gasteiger partial charge < -0.3 is 23.7 Å². The molecule has 0 fully saturated rings. The van der Waals surface area contributed by atoms with Crippen LogP contribution in [0.3, 0.4) is 0 Å². The molecule has 0 N–H and O–H groups in total. The van der Waals surface area contributed by atoms with Gasteiger partial charge in [-0.2, -0.15) is 5.11 Å². The van der Waals surface area contributed by atoms with Gasteiger partial charge in [0.1, 0.15) is 28.7 Å². The first-order chi connectivity index (χ1) is 26.0. The van der Waals surface area contributed by atoms with Gasteiger partial charge in [0, 0.05) is 6.07 Å². The Bertz CT molecular complexity index is 1690. The van der Waals surface area contributed by atoms with Crippen molar-refractivity contribution in [1.82, 2.24) is 0 Å². The van der Waals surface area contributed by atoms with Crippen molar-refractivity contribution in [3.63, 3.8) is 0 Å². The quantitative estimate of drug-likeness (QED) is 0.0307. The van der Waals surface area contributed by atoms with E-state index in [0.29, 0.717) is 48.1 Å². The maximum absolute atomic E-state index is 13.3. The van der Waals surface area contributed by atoms with Gasteiger partial charge in [-0.05, 0) is 105 Å². The first kappa shape index (κ1) is 40.6. The Morgan fingerprint density at radius 1 is 0.472 bits per heavy atom. The second-order valence-electron chi connectivity index (χ2n) is 12.8. The van der Waals surface area contributed by atoms with Gasteiger partial charge in [-0.3, -0.25) is 0 Å². The van der Waals surface area contributed by atoms with E-state index in [-0.39, 0.29) is 17.2 Å². The zero-order chi connectivity index (χ0) is 37.5. The Morgan fingerprint density at radius 2 is 0.925 bits per heavy atom. The maximum Gasteiger partial charge on any atom is 0.343 e. The van der Waals surface area contributed by atoms with Gasteiger partial charge in [0.2, 0.25) is 0 Å². The van der Waals surface area contributed by atoms with E-state index in [4.69, 9.17) is 23.7 Å². The number of hydrogen-bond acceptors (Lipinski definition) is 9. The molecule has 9 heteroatoms. The topological polar surface area (TPSA) is 105 Å². The lowest BCUT2D eigenvalue weighted by Gasteiger charge is -2.11. The Hall–Kier alpha value is -5.18. The number of nitrogens with zero attached hydrogens (tertiary/aromatic N) is 2. The van der Waals surface area contributed by atoms with Crippen molar-refractivity contribution in [3.8, 4) is 28.7 Å². The van der Waals surface area contributed by atoms with Crippen LogP contribution in [0.5, 0.6) is 28.7 Å². The molecule has 0 bridgehead atoms. The fourth-order valence-electron chi connectivity index (χ4n) is 5.45. The van der Waals surface area contributed by atoms with Crippen LogP contribution in [0.1, 0.15) is 119 Å². The van der Waals surface area contributed by atoms with Crippen LogP contribution >= 0.6 is 0 Å². The Labute approximate surface area is 314 Å². The summed E-state index contributed by atoms with van der Waals surface area (Å²) in [5, 5.41) is 8.67. The van der Waals surface area contributed by atoms with E-state index in [0.717, 1.165) is 31.4 Å². The summed E-state index contributed by atoms with van der Waals surface area (Å²) in [5.41, 5.74) is 1.54. The highest BCUT2D eigenvalue weighted by Crippen LogP contribution is 2.34. The number of hydrogen-bond donors (Lipinski definition) is 0. The van der Waals surface area contributed by atoms with Crippen molar-refractivity contribution < 1.29 is 33.3 Å². The van der Waals surface area contributed by atoms with E-state index in [1.165, 1.54) is 57.4 Å². The molecular formula is C44H54N2O7. The molecule has 0 amide bonds. The largest absolute Gasteiger partial charge is 0.494 e. The van der Waals surface area contributed by atoms with Crippen LogP contribution in [0.4, 0.5) is 11.4 Å². The lowest BCUT2D eigenvalue weighted by atomic mass is 10.1. The summed E-state index contributed by atoms with van der Waals surface area (Å²) < 4.78 is 28.7. The molecule has 0 unspecified atom stereocenters. The second kappa shape index (κ2) is 23.4. The maximum atomic E-state index is 13.3. The smallest absolute Gasteiger partial charge is 0.343 e. The number of azo groups is 1. The summed E-state index contributed by atoms with van der Waals surface area (Å²) in [6.07, 6.45) is 14.2. The van der Waals surface area contributed by atoms with E-state index in [1.807, 2.05) is 6.92 Å². The van der Waals surface area contributed by atoms with E-state index in [2.05, 4.69) is 24.1 Å².